The maximum absolute atomic E-state index is 11.8. The zero-order chi connectivity index (χ0) is 17.4. The molecule has 2 aromatic rings. The number of aryl methyl sites for hydroxylation is 1. The second-order valence-electron chi connectivity index (χ2n) is 5.77. The van der Waals surface area contributed by atoms with E-state index in [-0.39, 0.29) is 6.03 Å². The summed E-state index contributed by atoms with van der Waals surface area (Å²) in [5.41, 5.74) is 3.21. The molecule has 0 aliphatic carbocycles. The summed E-state index contributed by atoms with van der Waals surface area (Å²) in [6, 6.07) is 15.5. The van der Waals surface area contributed by atoms with Crippen LogP contribution in [0.4, 0.5) is 16.2 Å². The first-order chi connectivity index (χ1) is 11.6. The van der Waals surface area contributed by atoms with Crippen molar-refractivity contribution in [3.8, 4) is 5.75 Å². The highest BCUT2D eigenvalue weighted by molar-refractivity contribution is 5.89. The Hall–Kier alpha value is -2.69. The van der Waals surface area contributed by atoms with Crippen LogP contribution in [0.1, 0.15) is 12.0 Å². The lowest BCUT2D eigenvalue weighted by Gasteiger charge is -2.12. The first-order valence-corrected chi connectivity index (χ1v) is 8.03. The highest BCUT2D eigenvalue weighted by atomic mass is 16.5. The molecule has 0 radical (unpaired) electrons. The highest BCUT2D eigenvalue weighted by Gasteiger charge is 2.02. The van der Waals surface area contributed by atoms with E-state index in [0.29, 0.717) is 6.54 Å². The number of hydrogen-bond donors (Lipinski definition) is 2. The van der Waals surface area contributed by atoms with E-state index in [1.165, 1.54) is 11.3 Å². The topological polar surface area (TPSA) is 53.6 Å². The number of urea groups is 1. The summed E-state index contributed by atoms with van der Waals surface area (Å²) in [6.45, 7) is 0.636. The number of rotatable bonds is 7. The number of carbonyl (C=O) groups excluding carboxylic acids is 1. The minimum Gasteiger partial charge on any atom is -0.497 e. The fraction of sp³-hybridized carbons (Fsp3) is 0.316. The molecule has 0 atom stereocenters. The second-order valence-corrected chi connectivity index (χ2v) is 5.77. The molecule has 0 spiro atoms. The molecule has 128 valence electrons. The zero-order valence-corrected chi connectivity index (χ0v) is 14.5. The van der Waals surface area contributed by atoms with Crippen LogP contribution in [0.2, 0.25) is 0 Å². The lowest BCUT2D eigenvalue weighted by atomic mass is 10.1. The van der Waals surface area contributed by atoms with Crippen molar-refractivity contribution in [1.29, 1.82) is 0 Å². The van der Waals surface area contributed by atoms with Crippen LogP contribution in [0.25, 0.3) is 0 Å². The van der Waals surface area contributed by atoms with Gasteiger partial charge in [-0.2, -0.15) is 0 Å². The Bertz CT molecular complexity index is 637. The van der Waals surface area contributed by atoms with Crippen molar-refractivity contribution in [3.63, 3.8) is 0 Å². The zero-order valence-electron chi connectivity index (χ0n) is 14.5. The third-order valence-corrected chi connectivity index (χ3v) is 3.73. The van der Waals surface area contributed by atoms with Crippen LogP contribution in [0.5, 0.6) is 5.75 Å². The lowest BCUT2D eigenvalue weighted by molar-refractivity contribution is 0.252. The van der Waals surface area contributed by atoms with Crippen LogP contribution >= 0.6 is 0 Å². The fourth-order valence-corrected chi connectivity index (χ4v) is 2.30. The molecule has 5 heteroatoms. The maximum Gasteiger partial charge on any atom is 0.319 e. The summed E-state index contributed by atoms with van der Waals surface area (Å²) in [5.74, 6) is 0.765. The van der Waals surface area contributed by atoms with Crippen molar-refractivity contribution in [3.05, 3.63) is 54.1 Å². The van der Waals surface area contributed by atoms with Crippen LogP contribution in [0.3, 0.4) is 0 Å². The van der Waals surface area contributed by atoms with Gasteiger partial charge in [0.2, 0.25) is 0 Å². The molecule has 0 saturated carbocycles. The smallest absolute Gasteiger partial charge is 0.319 e. The Morgan fingerprint density at radius 3 is 2.29 bits per heavy atom. The summed E-state index contributed by atoms with van der Waals surface area (Å²) in [5, 5.41) is 5.67. The molecule has 0 unspecified atom stereocenters. The third kappa shape index (κ3) is 5.50. The van der Waals surface area contributed by atoms with Crippen LogP contribution < -0.4 is 20.3 Å². The fourth-order valence-electron chi connectivity index (χ4n) is 2.30. The van der Waals surface area contributed by atoms with Gasteiger partial charge >= 0.3 is 6.03 Å². The van der Waals surface area contributed by atoms with Gasteiger partial charge in [0.15, 0.2) is 0 Å². The number of ether oxygens (including phenoxy) is 1. The number of carbonyl (C=O) groups is 1. The Balaban J connectivity index is 1.68. The quantitative estimate of drug-likeness (QED) is 0.765. The van der Waals surface area contributed by atoms with Crippen LogP contribution in [-0.4, -0.2) is 33.8 Å². The van der Waals surface area contributed by atoms with Gasteiger partial charge in [-0.1, -0.05) is 12.1 Å². The molecule has 0 aliphatic heterocycles. The maximum atomic E-state index is 11.8. The standard InChI is InChI=1S/C19H25N3O2/c1-22(2)17-10-6-15(7-11-17)5-4-14-20-19(23)21-16-8-12-18(24-3)13-9-16/h6-13H,4-5,14H2,1-3H3,(H2,20,21,23). The monoisotopic (exact) mass is 327 g/mol. The van der Waals surface area contributed by atoms with Gasteiger partial charge in [0.05, 0.1) is 7.11 Å². The van der Waals surface area contributed by atoms with E-state index >= 15 is 0 Å². The molecule has 0 bridgehead atoms. The number of methoxy groups -OCH3 is 1. The largest absolute Gasteiger partial charge is 0.497 e. The van der Waals surface area contributed by atoms with Crippen molar-refractivity contribution in [2.45, 2.75) is 12.8 Å². The van der Waals surface area contributed by atoms with E-state index in [2.05, 4.69) is 39.8 Å². The normalized spacial score (nSPS) is 10.1. The molecule has 2 N–H and O–H groups in total. The summed E-state index contributed by atoms with van der Waals surface area (Å²) < 4.78 is 5.09. The lowest BCUT2D eigenvalue weighted by Crippen LogP contribution is -2.29. The Labute approximate surface area is 143 Å². The van der Waals surface area contributed by atoms with Gasteiger partial charge in [-0.05, 0) is 54.8 Å². The van der Waals surface area contributed by atoms with E-state index in [1.807, 2.05) is 38.4 Å². The summed E-state index contributed by atoms with van der Waals surface area (Å²) in [4.78, 5) is 13.9. The van der Waals surface area contributed by atoms with Crippen molar-refractivity contribution < 1.29 is 9.53 Å². The van der Waals surface area contributed by atoms with Crippen molar-refractivity contribution in [2.24, 2.45) is 0 Å². The average molecular weight is 327 g/mol. The molecular formula is C19H25N3O2. The predicted octanol–water partition coefficient (Wildman–Crippen LogP) is 3.52. The van der Waals surface area contributed by atoms with Crippen molar-refractivity contribution in [1.82, 2.24) is 5.32 Å². The van der Waals surface area contributed by atoms with E-state index in [9.17, 15) is 4.79 Å². The highest BCUT2D eigenvalue weighted by Crippen LogP contribution is 2.15. The average Bonchev–Trinajstić information content (AvgIpc) is 2.60. The Kier molecular flexibility index (Phi) is 6.49. The second kappa shape index (κ2) is 8.82. The molecule has 5 nitrogen and oxygen atoms in total. The first-order valence-electron chi connectivity index (χ1n) is 8.03. The number of anilines is 2. The molecular weight excluding hydrogens is 302 g/mol. The molecule has 0 aliphatic rings. The van der Waals surface area contributed by atoms with Gasteiger partial charge in [0, 0.05) is 32.0 Å². The van der Waals surface area contributed by atoms with Crippen LogP contribution in [0.15, 0.2) is 48.5 Å². The van der Waals surface area contributed by atoms with Crippen molar-refractivity contribution in [2.75, 3.05) is 38.0 Å². The van der Waals surface area contributed by atoms with E-state index in [4.69, 9.17) is 4.74 Å². The van der Waals surface area contributed by atoms with Gasteiger partial charge in [-0.15, -0.1) is 0 Å². The molecule has 0 saturated heterocycles. The van der Waals surface area contributed by atoms with E-state index in [0.717, 1.165) is 24.3 Å². The van der Waals surface area contributed by atoms with Gasteiger partial charge in [-0.25, -0.2) is 4.79 Å². The minimum atomic E-state index is -0.192. The molecule has 2 aromatic carbocycles. The number of nitrogens with zero attached hydrogens (tertiary/aromatic N) is 1. The summed E-state index contributed by atoms with van der Waals surface area (Å²) >= 11 is 0. The van der Waals surface area contributed by atoms with Gasteiger partial charge in [-0.3, -0.25) is 0 Å². The molecule has 2 rings (SSSR count). The number of amides is 2. The summed E-state index contributed by atoms with van der Waals surface area (Å²) in [6.07, 6.45) is 1.84. The van der Waals surface area contributed by atoms with Crippen molar-refractivity contribution >= 4 is 17.4 Å². The number of hydrogen-bond acceptors (Lipinski definition) is 3. The molecule has 0 fully saturated rings. The van der Waals surface area contributed by atoms with Gasteiger partial charge < -0.3 is 20.3 Å². The molecule has 0 aromatic heterocycles. The van der Waals surface area contributed by atoms with Gasteiger partial charge in [0.25, 0.3) is 0 Å². The number of benzene rings is 2. The molecule has 0 heterocycles. The Morgan fingerprint density at radius 2 is 1.71 bits per heavy atom. The first kappa shape index (κ1) is 17.7. The minimum absolute atomic E-state index is 0.192. The molecule has 24 heavy (non-hydrogen) atoms. The summed E-state index contributed by atoms with van der Waals surface area (Å²) in [7, 11) is 5.67. The van der Waals surface area contributed by atoms with Crippen LogP contribution in [0, 0.1) is 0 Å². The third-order valence-electron chi connectivity index (χ3n) is 3.73. The SMILES string of the molecule is COc1ccc(NC(=O)NCCCc2ccc(N(C)C)cc2)cc1. The molecule has 2 amide bonds. The Morgan fingerprint density at radius 1 is 1.04 bits per heavy atom. The van der Waals surface area contributed by atoms with Gasteiger partial charge in [0.1, 0.15) is 5.75 Å². The van der Waals surface area contributed by atoms with Crippen LogP contribution in [-0.2, 0) is 6.42 Å². The van der Waals surface area contributed by atoms with E-state index in [1.54, 1.807) is 7.11 Å². The number of nitrogens with one attached hydrogen (secondary N) is 2. The predicted molar refractivity (Wildman–Crippen MR) is 99.1 cm³/mol. The van der Waals surface area contributed by atoms with E-state index < -0.39 is 0 Å².